The molecule has 86 valence electrons. The standard InChI is InChI=1S/C15H13BrO/c1-10-5-3-4-6-13(10)15(17)12-7-8-14(16)11(2)9-12/h3-9H,1-2H3. The van der Waals surface area contributed by atoms with Crippen molar-refractivity contribution in [3.8, 4) is 0 Å². The van der Waals surface area contributed by atoms with Gasteiger partial charge in [0.2, 0.25) is 0 Å². The maximum absolute atomic E-state index is 12.3. The summed E-state index contributed by atoms with van der Waals surface area (Å²) in [6.07, 6.45) is 0. The fourth-order valence-electron chi connectivity index (χ4n) is 1.77. The molecule has 0 atom stereocenters. The molecular formula is C15H13BrO. The number of carbonyl (C=O) groups is 1. The molecule has 0 N–H and O–H groups in total. The second-order valence-corrected chi connectivity index (χ2v) is 4.96. The monoisotopic (exact) mass is 288 g/mol. The summed E-state index contributed by atoms with van der Waals surface area (Å²) in [5, 5.41) is 0. The first-order valence-corrected chi connectivity index (χ1v) is 6.25. The van der Waals surface area contributed by atoms with Crippen molar-refractivity contribution in [1.82, 2.24) is 0 Å². The van der Waals surface area contributed by atoms with Crippen molar-refractivity contribution in [3.05, 3.63) is 69.2 Å². The summed E-state index contributed by atoms with van der Waals surface area (Å²) < 4.78 is 1.03. The maximum atomic E-state index is 12.3. The Balaban J connectivity index is 2.44. The third kappa shape index (κ3) is 2.47. The lowest BCUT2D eigenvalue weighted by atomic mass is 9.98. The van der Waals surface area contributed by atoms with Gasteiger partial charge in [-0.2, -0.15) is 0 Å². The highest BCUT2D eigenvalue weighted by Crippen LogP contribution is 2.20. The molecule has 0 amide bonds. The molecule has 0 radical (unpaired) electrons. The third-order valence-corrected chi connectivity index (χ3v) is 3.70. The number of ketones is 1. The van der Waals surface area contributed by atoms with Crippen LogP contribution >= 0.6 is 15.9 Å². The summed E-state index contributed by atoms with van der Waals surface area (Å²) in [4.78, 5) is 12.3. The third-order valence-electron chi connectivity index (χ3n) is 2.81. The van der Waals surface area contributed by atoms with Crippen molar-refractivity contribution < 1.29 is 4.79 Å². The Kier molecular flexibility index (Phi) is 3.43. The van der Waals surface area contributed by atoms with Gasteiger partial charge in [0.25, 0.3) is 0 Å². The molecule has 2 aromatic rings. The van der Waals surface area contributed by atoms with Crippen molar-refractivity contribution in [3.63, 3.8) is 0 Å². The van der Waals surface area contributed by atoms with E-state index in [9.17, 15) is 4.79 Å². The van der Waals surface area contributed by atoms with E-state index in [-0.39, 0.29) is 5.78 Å². The van der Waals surface area contributed by atoms with Gasteiger partial charge in [-0.1, -0.05) is 40.2 Å². The molecule has 0 bridgehead atoms. The predicted octanol–water partition coefficient (Wildman–Crippen LogP) is 4.30. The van der Waals surface area contributed by atoms with Crippen LogP contribution in [-0.2, 0) is 0 Å². The number of carbonyl (C=O) groups excluding carboxylic acids is 1. The van der Waals surface area contributed by atoms with Crippen molar-refractivity contribution in [2.45, 2.75) is 13.8 Å². The summed E-state index contributed by atoms with van der Waals surface area (Å²) in [5.41, 5.74) is 3.59. The number of hydrogen-bond acceptors (Lipinski definition) is 1. The SMILES string of the molecule is Cc1cc(C(=O)c2ccccc2C)ccc1Br. The van der Waals surface area contributed by atoms with E-state index in [0.29, 0.717) is 0 Å². The fourth-order valence-corrected chi connectivity index (χ4v) is 2.02. The van der Waals surface area contributed by atoms with Gasteiger partial charge in [-0.3, -0.25) is 4.79 Å². The zero-order valence-corrected chi connectivity index (χ0v) is 11.4. The van der Waals surface area contributed by atoms with E-state index in [1.54, 1.807) is 0 Å². The lowest BCUT2D eigenvalue weighted by Gasteiger charge is -2.06. The van der Waals surface area contributed by atoms with E-state index in [4.69, 9.17) is 0 Å². The van der Waals surface area contributed by atoms with E-state index in [2.05, 4.69) is 15.9 Å². The van der Waals surface area contributed by atoms with Crippen LogP contribution in [0.5, 0.6) is 0 Å². The van der Waals surface area contributed by atoms with Gasteiger partial charge in [0.1, 0.15) is 0 Å². The highest BCUT2D eigenvalue weighted by molar-refractivity contribution is 9.10. The Morgan fingerprint density at radius 3 is 2.35 bits per heavy atom. The van der Waals surface area contributed by atoms with Gasteiger partial charge in [0, 0.05) is 15.6 Å². The number of halogens is 1. The predicted molar refractivity (Wildman–Crippen MR) is 73.5 cm³/mol. The fraction of sp³-hybridized carbons (Fsp3) is 0.133. The molecule has 0 fully saturated rings. The summed E-state index contributed by atoms with van der Waals surface area (Å²) in [6.45, 7) is 3.94. The number of rotatable bonds is 2. The zero-order valence-electron chi connectivity index (χ0n) is 9.83. The number of hydrogen-bond donors (Lipinski definition) is 0. The average molecular weight is 289 g/mol. The molecule has 17 heavy (non-hydrogen) atoms. The Morgan fingerprint density at radius 1 is 1.00 bits per heavy atom. The maximum Gasteiger partial charge on any atom is 0.193 e. The van der Waals surface area contributed by atoms with Crippen LogP contribution in [0.2, 0.25) is 0 Å². The Hall–Kier alpha value is -1.41. The van der Waals surface area contributed by atoms with Crippen molar-refractivity contribution in [2.75, 3.05) is 0 Å². The minimum absolute atomic E-state index is 0.0821. The lowest BCUT2D eigenvalue weighted by Crippen LogP contribution is -2.03. The van der Waals surface area contributed by atoms with Crippen LogP contribution in [0.25, 0.3) is 0 Å². The smallest absolute Gasteiger partial charge is 0.193 e. The van der Waals surface area contributed by atoms with Gasteiger partial charge in [-0.15, -0.1) is 0 Å². The number of benzene rings is 2. The van der Waals surface area contributed by atoms with Crippen LogP contribution in [0, 0.1) is 13.8 Å². The van der Waals surface area contributed by atoms with Crippen LogP contribution < -0.4 is 0 Å². The zero-order chi connectivity index (χ0) is 12.4. The molecule has 2 heteroatoms. The van der Waals surface area contributed by atoms with Gasteiger partial charge in [0.05, 0.1) is 0 Å². The van der Waals surface area contributed by atoms with E-state index >= 15 is 0 Å². The molecule has 2 rings (SSSR count). The minimum Gasteiger partial charge on any atom is -0.289 e. The lowest BCUT2D eigenvalue weighted by molar-refractivity contribution is 0.103. The minimum atomic E-state index is 0.0821. The quantitative estimate of drug-likeness (QED) is 0.753. The summed E-state index contributed by atoms with van der Waals surface area (Å²) in [6, 6.07) is 13.4. The molecule has 0 heterocycles. The summed E-state index contributed by atoms with van der Waals surface area (Å²) >= 11 is 3.44. The van der Waals surface area contributed by atoms with Gasteiger partial charge in [-0.05, 0) is 43.2 Å². The topological polar surface area (TPSA) is 17.1 Å². The largest absolute Gasteiger partial charge is 0.289 e. The molecular weight excluding hydrogens is 276 g/mol. The van der Waals surface area contributed by atoms with Crippen molar-refractivity contribution in [2.24, 2.45) is 0 Å². The summed E-state index contributed by atoms with van der Waals surface area (Å²) in [5.74, 6) is 0.0821. The van der Waals surface area contributed by atoms with Gasteiger partial charge >= 0.3 is 0 Å². The van der Waals surface area contributed by atoms with E-state index in [1.807, 2.05) is 56.3 Å². The van der Waals surface area contributed by atoms with Gasteiger partial charge in [0.15, 0.2) is 5.78 Å². The van der Waals surface area contributed by atoms with Crippen LogP contribution in [0.3, 0.4) is 0 Å². The average Bonchev–Trinajstić information content (AvgIpc) is 2.32. The highest BCUT2D eigenvalue weighted by atomic mass is 79.9. The van der Waals surface area contributed by atoms with E-state index in [1.165, 1.54) is 0 Å². The molecule has 2 aromatic carbocycles. The first kappa shape index (κ1) is 12.1. The molecule has 0 unspecified atom stereocenters. The Morgan fingerprint density at radius 2 is 1.71 bits per heavy atom. The Labute approximate surface area is 110 Å². The molecule has 0 aliphatic heterocycles. The number of aryl methyl sites for hydroxylation is 2. The first-order chi connectivity index (χ1) is 8.09. The van der Waals surface area contributed by atoms with Crippen molar-refractivity contribution in [1.29, 1.82) is 0 Å². The van der Waals surface area contributed by atoms with Gasteiger partial charge in [-0.25, -0.2) is 0 Å². The molecule has 0 aromatic heterocycles. The normalized spacial score (nSPS) is 10.3. The van der Waals surface area contributed by atoms with Crippen LogP contribution in [0.1, 0.15) is 27.0 Å². The van der Waals surface area contributed by atoms with Crippen LogP contribution in [0.4, 0.5) is 0 Å². The summed E-state index contributed by atoms with van der Waals surface area (Å²) in [7, 11) is 0. The molecule has 0 aliphatic carbocycles. The highest BCUT2D eigenvalue weighted by Gasteiger charge is 2.11. The molecule has 0 spiro atoms. The molecule has 0 saturated heterocycles. The van der Waals surface area contributed by atoms with E-state index in [0.717, 1.165) is 26.7 Å². The van der Waals surface area contributed by atoms with E-state index < -0.39 is 0 Å². The molecule has 0 aliphatic rings. The Bertz CT molecular complexity index is 573. The first-order valence-electron chi connectivity index (χ1n) is 5.46. The molecule has 1 nitrogen and oxygen atoms in total. The second-order valence-electron chi connectivity index (χ2n) is 4.11. The van der Waals surface area contributed by atoms with Crippen LogP contribution in [0.15, 0.2) is 46.9 Å². The van der Waals surface area contributed by atoms with Crippen LogP contribution in [-0.4, -0.2) is 5.78 Å². The van der Waals surface area contributed by atoms with Gasteiger partial charge < -0.3 is 0 Å². The molecule has 0 saturated carbocycles. The van der Waals surface area contributed by atoms with Crippen molar-refractivity contribution >= 4 is 21.7 Å². The second kappa shape index (κ2) is 4.84.